The Kier molecular flexibility index (Phi) is 5.59. The summed E-state index contributed by atoms with van der Waals surface area (Å²) in [6, 6.07) is 0.409. The third-order valence-corrected chi connectivity index (χ3v) is 3.96. The summed E-state index contributed by atoms with van der Waals surface area (Å²) in [5, 5.41) is 6.89. The maximum atomic E-state index is 5.42. The van der Waals surface area contributed by atoms with Gasteiger partial charge in [-0.1, -0.05) is 6.92 Å². The van der Waals surface area contributed by atoms with Crippen LogP contribution < -0.4 is 10.6 Å². The van der Waals surface area contributed by atoms with Gasteiger partial charge < -0.3 is 15.4 Å². The molecular formula is C15H26N4O. The van der Waals surface area contributed by atoms with Gasteiger partial charge >= 0.3 is 0 Å². The lowest BCUT2D eigenvalue weighted by Gasteiger charge is -2.29. The van der Waals surface area contributed by atoms with E-state index >= 15 is 0 Å². The average Bonchev–Trinajstić information content (AvgIpc) is 2.49. The molecule has 1 fully saturated rings. The molecule has 1 unspecified atom stereocenters. The van der Waals surface area contributed by atoms with E-state index in [1.165, 1.54) is 0 Å². The van der Waals surface area contributed by atoms with Crippen molar-refractivity contribution in [2.45, 2.75) is 46.1 Å². The molecule has 2 N–H and O–H groups in total. The van der Waals surface area contributed by atoms with Crippen LogP contribution in [0.15, 0.2) is 6.33 Å². The Morgan fingerprint density at radius 2 is 2.00 bits per heavy atom. The summed E-state index contributed by atoms with van der Waals surface area (Å²) >= 11 is 0. The minimum Gasteiger partial charge on any atom is -0.381 e. The summed E-state index contributed by atoms with van der Waals surface area (Å²) < 4.78 is 5.42. The summed E-state index contributed by atoms with van der Waals surface area (Å²) in [7, 11) is 0. The average molecular weight is 278 g/mol. The summed E-state index contributed by atoms with van der Waals surface area (Å²) in [5.74, 6) is 2.53. The second kappa shape index (κ2) is 7.43. The lowest BCUT2D eigenvalue weighted by Crippen LogP contribution is -2.31. The standard InChI is InChI=1S/C15H26N4O/c1-4-7-16-14-11(2)15(18-10-17-14)19-12(3)13-5-8-20-9-6-13/h10,12-13H,4-9H2,1-3H3,(H2,16,17,18,19). The zero-order chi connectivity index (χ0) is 14.4. The molecule has 1 aliphatic heterocycles. The van der Waals surface area contributed by atoms with Gasteiger partial charge in [-0.15, -0.1) is 0 Å². The van der Waals surface area contributed by atoms with Crippen molar-refractivity contribution >= 4 is 11.6 Å². The first-order valence-corrected chi connectivity index (χ1v) is 7.62. The summed E-state index contributed by atoms with van der Waals surface area (Å²) in [4.78, 5) is 8.70. The van der Waals surface area contributed by atoms with Gasteiger partial charge in [0.25, 0.3) is 0 Å². The highest BCUT2D eigenvalue weighted by Gasteiger charge is 2.21. The number of anilines is 2. The number of aromatic nitrogens is 2. The first kappa shape index (κ1) is 15.0. The molecule has 0 bridgehead atoms. The molecule has 1 atom stereocenters. The minimum absolute atomic E-state index is 0.409. The van der Waals surface area contributed by atoms with E-state index in [-0.39, 0.29) is 0 Å². The Balaban J connectivity index is 2.00. The number of hydrogen-bond acceptors (Lipinski definition) is 5. The Hall–Kier alpha value is -1.36. The molecule has 1 saturated heterocycles. The van der Waals surface area contributed by atoms with Crippen molar-refractivity contribution in [1.82, 2.24) is 9.97 Å². The van der Waals surface area contributed by atoms with Crippen molar-refractivity contribution in [1.29, 1.82) is 0 Å². The van der Waals surface area contributed by atoms with Gasteiger partial charge in [0.05, 0.1) is 0 Å². The van der Waals surface area contributed by atoms with E-state index in [9.17, 15) is 0 Å². The molecule has 1 aromatic heterocycles. The Bertz CT molecular complexity index is 418. The Morgan fingerprint density at radius 1 is 1.30 bits per heavy atom. The third-order valence-electron chi connectivity index (χ3n) is 3.96. The fourth-order valence-corrected chi connectivity index (χ4v) is 2.57. The molecule has 20 heavy (non-hydrogen) atoms. The Morgan fingerprint density at radius 3 is 2.70 bits per heavy atom. The summed E-state index contributed by atoms with van der Waals surface area (Å²) in [5.41, 5.74) is 1.10. The fraction of sp³-hybridized carbons (Fsp3) is 0.733. The van der Waals surface area contributed by atoms with E-state index < -0.39 is 0 Å². The zero-order valence-electron chi connectivity index (χ0n) is 12.8. The van der Waals surface area contributed by atoms with Crippen LogP contribution >= 0.6 is 0 Å². The van der Waals surface area contributed by atoms with Crippen LogP contribution in [0.4, 0.5) is 11.6 Å². The fourth-order valence-electron chi connectivity index (χ4n) is 2.57. The number of rotatable bonds is 6. The molecule has 0 saturated carbocycles. The van der Waals surface area contributed by atoms with Crippen LogP contribution in [0.5, 0.6) is 0 Å². The number of nitrogens with zero attached hydrogens (tertiary/aromatic N) is 2. The molecule has 0 radical (unpaired) electrons. The highest BCUT2D eigenvalue weighted by atomic mass is 16.5. The van der Waals surface area contributed by atoms with Crippen LogP contribution in [0.25, 0.3) is 0 Å². The second-order valence-corrected chi connectivity index (χ2v) is 5.51. The molecule has 5 heteroatoms. The Labute approximate surface area is 121 Å². The van der Waals surface area contributed by atoms with Crippen LogP contribution in [0, 0.1) is 12.8 Å². The first-order chi connectivity index (χ1) is 9.72. The maximum Gasteiger partial charge on any atom is 0.134 e. The molecule has 0 aliphatic carbocycles. The molecule has 0 spiro atoms. The highest BCUT2D eigenvalue weighted by molar-refractivity contribution is 5.56. The van der Waals surface area contributed by atoms with Crippen molar-refractivity contribution in [2.75, 3.05) is 30.4 Å². The molecule has 2 heterocycles. The lowest BCUT2D eigenvalue weighted by atomic mass is 9.93. The van der Waals surface area contributed by atoms with Crippen LogP contribution in [0.3, 0.4) is 0 Å². The molecule has 1 aromatic rings. The van der Waals surface area contributed by atoms with E-state index in [0.29, 0.717) is 12.0 Å². The summed E-state index contributed by atoms with van der Waals surface area (Å²) in [6.45, 7) is 9.14. The summed E-state index contributed by atoms with van der Waals surface area (Å²) in [6.07, 6.45) is 4.97. The largest absolute Gasteiger partial charge is 0.381 e. The highest BCUT2D eigenvalue weighted by Crippen LogP contribution is 2.24. The van der Waals surface area contributed by atoms with Gasteiger partial charge in [0.15, 0.2) is 0 Å². The van der Waals surface area contributed by atoms with Gasteiger partial charge in [0.2, 0.25) is 0 Å². The minimum atomic E-state index is 0.409. The topological polar surface area (TPSA) is 59.1 Å². The third kappa shape index (κ3) is 3.82. The predicted octanol–water partition coefficient (Wildman–Crippen LogP) is 2.83. The first-order valence-electron chi connectivity index (χ1n) is 7.62. The van der Waals surface area contributed by atoms with Crippen molar-refractivity contribution in [3.8, 4) is 0 Å². The molecule has 5 nitrogen and oxygen atoms in total. The van der Waals surface area contributed by atoms with Crippen molar-refractivity contribution in [3.63, 3.8) is 0 Å². The van der Waals surface area contributed by atoms with Gasteiger partial charge in [0, 0.05) is 31.4 Å². The van der Waals surface area contributed by atoms with Crippen LogP contribution in [0.1, 0.15) is 38.7 Å². The van der Waals surface area contributed by atoms with E-state index in [1.807, 2.05) is 0 Å². The van der Waals surface area contributed by atoms with Gasteiger partial charge in [0.1, 0.15) is 18.0 Å². The van der Waals surface area contributed by atoms with E-state index in [1.54, 1.807) is 6.33 Å². The molecule has 112 valence electrons. The van der Waals surface area contributed by atoms with Gasteiger partial charge in [-0.25, -0.2) is 9.97 Å². The van der Waals surface area contributed by atoms with Crippen LogP contribution in [-0.4, -0.2) is 35.8 Å². The van der Waals surface area contributed by atoms with Crippen molar-refractivity contribution in [3.05, 3.63) is 11.9 Å². The monoisotopic (exact) mass is 278 g/mol. The van der Waals surface area contributed by atoms with Gasteiger partial charge in [-0.05, 0) is 39.0 Å². The second-order valence-electron chi connectivity index (χ2n) is 5.51. The van der Waals surface area contributed by atoms with Crippen LogP contribution in [0.2, 0.25) is 0 Å². The van der Waals surface area contributed by atoms with Gasteiger partial charge in [-0.2, -0.15) is 0 Å². The van der Waals surface area contributed by atoms with E-state index in [4.69, 9.17) is 4.74 Å². The molecule has 1 aliphatic rings. The normalized spacial score (nSPS) is 17.8. The maximum absolute atomic E-state index is 5.42. The number of nitrogens with one attached hydrogen (secondary N) is 2. The predicted molar refractivity (Wildman–Crippen MR) is 82.2 cm³/mol. The van der Waals surface area contributed by atoms with E-state index in [2.05, 4.69) is 41.4 Å². The van der Waals surface area contributed by atoms with Crippen LogP contribution in [-0.2, 0) is 4.74 Å². The number of ether oxygens (including phenoxy) is 1. The molecule has 2 rings (SSSR count). The lowest BCUT2D eigenvalue weighted by molar-refractivity contribution is 0.0622. The van der Waals surface area contributed by atoms with Gasteiger partial charge in [-0.3, -0.25) is 0 Å². The molecule has 0 amide bonds. The smallest absolute Gasteiger partial charge is 0.134 e. The van der Waals surface area contributed by atoms with Crippen molar-refractivity contribution in [2.24, 2.45) is 5.92 Å². The molecule has 0 aromatic carbocycles. The number of hydrogen-bond donors (Lipinski definition) is 2. The quantitative estimate of drug-likeness (QED) is 0.838. The molecular weight excluding hydrogens is 252 g/mol. The SMILES string of the molecule is CCCNc1ncnc(NC(C)C2CCOCC2)c1C. The van der Waals surface area contributed by atoms with Crippen molar-refractivity contribution < 1.29 is 4.74 Å². The van der Waals surface area contributed by atoms with E-state index in [0.717, 1.165) is 56.2 Å². The zero-order valence-corrected chi connectivity index (χ0v) is 12.8.